The van der Waals surface area contributed by atoms with Crippen LogP contribution in [0.3, 0.4) is 0 Å². The first-order valence-electron chi connectivity index (χ1n) is 3.36. The maximum Gasteiger partial charge on any atom is 0.247 e. The van der Waals surface area contributed by atoms with Crippen molar-refractivity contribution < 1.29 is 0 Å². The summed E-state index contributed by atoms with van der Waals surface area (Å²) in [6.07, 6.45) is 1.60. The molecule has 11 heavy (non-hydrogen) atoms. The lowest BCUT2D eigenvalue weighted by atomic mass is 10.4. The molecular weight excluding hydrogens is 138 g/mol. The minimum atomic E-state index is -0.110. The number of H-pyrrole nitrogens is 1. The van der Waals surface area contributed by atoms with E-state index in [0.29, 0.717) is 0 Å². The van der Waals surface area contributed by atoms with Crippen LogP contribution in [0, 0.1) is 0 Å². The molecule has 0 amide bonds. The molecular formula is C9H9NO. The number of aromatic nitrogens is 1. The number of hydrogen-bond donors (Lipinski definition) is 1. The fraction of sp³-hybridized carbons (Fsp3) is 0. The average Bonchev–Trinajstić information content (AvgIpc) is 2.03. The Morgan fingerprint density at radius 3 is 2.36 bits per heavy atom. The highest BCUT2D eigenvalue weighted by atomic mass is 16.1. The molecule has 1 N–H and O–H groups in total. The van der Waals surface area contributed by atoms with Gasteiger partial charge in [-0.1, -0.05) is 30.3 Å². The summed E-state index contributed by atoms with van der Waals surface area (Å²) in [4.78, 5) is 13.4. The van der Waals surface area contributed by atoms with Gasteiger partial charge in [0.05, 0.1) is 0 Å². The van der Waals surface area contributed by atoms with Crippen LogP contribution in [0.2, 0.25) is 0 Å². The Hall–Kier alpha value is -1.57. The van der Waals surface area contributed by atoms with E-state index < -0.39 is 0 Å². The van der Waals surface area contributed by atoms with E-state index in [1.54, 1.807) is 24.4 Å². The van der Waals surface area contributed by atoms with Crippen LogP contribution in [0.5, 0.6) is 0 Å². The third-order valence-electron chi connectivity index (χ3n) is 1.12. The molecule has 0 aliphatic heterocycles. The van der Waals surface area contributed by atoms with E-state index in [0.717, 1.165) is 0 Å². The molecule has 0 aliphatic rings. The lowest BCUT2D eigenvalue weighted by Crippen LogP contribution is -1.97. The molecule has 1 rings (SSSR count). The van der Waals surface area contributed by atoms with Crippen molar-refractivity contribution in [1.29, 1.82) is 0 Å². The van der Waals surface area contributed by atoms with Crippen LogP contribution < -0.4 is 5.56 Å². The van der Waals surface area contributed by atoms with Crippen LogP contribution in [0.15, 0.2) is 53.5 Å². The van der Waals surface area contributed by atoms with Crippen molar-refractivity contribution >= 4 is 0 Å². The van der Waals surface area contributed by atoms with Gasteiger partial charge >= 0.3 is 0 Å². The summed E-state index contributed by atoms with van der Waals surface area (Å²) in [5, 5.41) is 0. The van der Waals surface area contributed by atoms with Gasteiger partial charge in [0, 0.05) is 12.3 Å². The molecule has 0 saturated carbocycles. The highest BCUT2D eigenvalue weighted by Gasteiger charge is 1.67. The predicted molar refractivity (Wildman–Crippen MR) is 44.7 cm³/mol. The molecule has 0 bridgehead atoms. The molecule has 0 aromatic carbocycles. The number of aromatic amines is 1. The highest BCUT2D eigenvalue weighted by molar-refractivity contribution is 4.94. The molecule has 1 aromatic rings. The lowest BCUT2D eigenvalue weighted by molar-refractivity contribution is 1.26. The molecule has 0 fully saturated rings. The Labute approximate surface area is 64.9 Å². The molecule has 56 valence electrons. The number of nitrogens with one attached hydrogen (secondary N) is 1. The first kappa shape index (κ1) is 7.54. The van der Waals surface area contributed by atoms with Crippen molar-refractivity contribution in [3.63, 3.8) is 0 Å². The Balaban J connectivity index is 3.21. The topological polar surface area (TPSA) is 32.9 Å². The summed E-state index contributed by atoms with van der Waals surface area (Å²) in [6, 6.07) is 12.3. The zero-order valence-electron chi connectivity index (χ0n) is 6.03. The van der Waals surface area contributed by atoms with Crippen molar-refractivity contribution in [2.45, 2.75) is 0 Å². The zero-order valence-corrected chi connectivity index (χ0v) is 6.03. The highest BCUT2D eigenvalue weighted by Crippen LogP contribution is 1.74. The van der Waals surface area contributed by atoms with Crippen molar-refractivity contribution in [3.05, 3.63) is 59.0 Å². The normalized spacial score (nSPS) is 8.36. The summed E-state index contributed by atoms with van der Waals surface area (Å²) >= 11 is 0. The minimum Gasteiger partial charge on any atom is -0.329 e. The van der Waals surface area contributed by atoms with Crippen LogP contribution in [-0.2, 0) is 0 Å². The molecule has 0 unspecified atom stereocenters. The van der Waals surface area contributed by atoms with Gasteiger partial charge in [-0.25, -0.2) is 0 Å². The van der Waals surface area contributed by atoms with Gasteiger partial charge in [-0.05, 0) is 6.07 Å². The number of hydrogen-bond acceptors (Lipinski definition) is 1. The molecule has 2 nitrogen and oxygen atoms in total. The lowest BCUT2D eigenvalue weighted by Gasteiger charge is -1.72. The molecule has 0 aliphatic carbocycles. The third kappa shape index (κ3) is 3.20. The SMILES string of the molecule is O=c1cccccccc[nH]1. The van der Waals surface area contributed by atoms with E-state index >= 15 is 0 Å². The minimum absolute atomic E-state index is 0.110. The van der Waals surface area contributed by atoms with Gasteiger partial charge in [0.1, 0.15) is 0 Å². The standard InChI is InChI=1S/C9H9NO/c11-9-7-5-3-1-2-4-6-8-10-9/h1-8H,(H,10,11). The molecule has 1 heterocycles. The Morgan fingerprint density at radius 2 is 1.55 bits per heavy atom. The monoisotopic (exact) mass is 147 g/mol. The van der Waals surface area contributed by atoms with Crippen molar-refractivity contribution in [1.82, 2.24) is 4.98 Å². The molecule has 2 heteroatoms. The van der Waals surface area contributed by atoms with E-state index in [4.69, 9.17) is 0 Å². The molecule has 1 aromatic heterocycles. The first-order chi connectivity index (χ1) is 5.39. The fourth-order valence-corrected chi connectivity index (χ4v) is 0.633. The fourth-order valence-electron chi connectivity index (χ4n) is 0.633. The van der Waals surface area contributed by atoms with Crippen molar-refractivity contribution in [2.24, 2.45) is 0 Å². The van der Waals surface area contributed by atoms with E-state index in [2.05, 4.69) is 4.98 Å². The van der Waals surface area contributed by atoms with Gasteiger partial charge in [0.2, 0.25) is 5.56 Å². The average molecular weight is 147 g/mol. The van der Waals surface area contributed by atoms with Gasteiger partial charge in [0.25, 0.3) is 0 Å². The Bertz CT molecular complexity index is 287. The summed E-state index contributed by atoms with van der Waals surface area (Å²) in [5.74, 6) is 0. The van der Waals surface area contributed by atoms with E-state index in [1.165, 1.54) is 6.07 Å². The maximum atomic E-state index is 10.8. The van der Waals surface area contributed by atoms with E-state index in [-0.39, 0.29) is 5.56 Å². The second kappa shape index (κ2) is 4.28. The second-order valence-electron chi connectivity index (χ2n) is 2.00. The predicted octanol–water partition coefficient (Wildman–Crippen LogP) is 1.50. The maximum absolute atomic E-state index is 10.8. The van der Waals surface area contributed by atoms with E-state index in [1.807, 2.05) is 18.2 Å². The van der Waals surface area contributed by atoms with Gasteiger partial charge < -0.3 is 4.98 Å². The summed E-state index contributed by atoms with van der Waals surface area (Å²) in [6.45, 7) is 0. The van der Waals surface area contributed by atoms with Crippen LogP contribution in [-0.4, -0.2) is 4.98 Å². The van der Waals surface area contributed by atoms with Gasteiger partial charge in [-0.3, -0.25) is 4.79 Å². The van der Waals surface area contributed by atoms with Crippen molar-refractivity contribution in [3.8, 4) is 0 Å². The Kier molecular flexibility index (Phi) is 2.93. The second-order valence-corrected chi connectivity index (χ2v) is 2.00. The van der Waals surface area contributed by atoms with Crippen LogP contribution in [0.1, 0.15) is 0 Å². The largest absolute Gasteiger partial charge is 0.329 e. The van der Waals surface area contributed by atoms with Crippen LogP contribution in [0.25, 0.3) is 0 Å². The smallest absolute Gasteiger partial charge is 0.247 e. The third-order valence-corrected chi connectivity index (χ3v) is 1.12. The molecule has 0 spiro atoms. The first-order valence-corrected chi connectivity index (χ1v) is 3.36. The number of rotatable bonds is 0. The summed E-state index contributed by atoms with van der Waals surface area (Å²) < 4.78 is 0. The quantitative estimate of drug-likeness (QED) is 0.592. The van der Waals surface area contributed by atoms with E-state index in [9.17, 15) is 4.79 Å². The van der Waals surface area contributed by atoms with Crippen LogP contribution in [0.4, 0.5) is 0 Å². The summed E-state index contributed by atoms with van der Waals surface area (Å²) in [5.41, 5.74) is -0.110. The Morgan fingerprint density at radius 1 is 0.909 bits per heavy atom. The zero-order chi connectivity index (χ0) is 7.94. The summed E-state index contributed by atoms with van der Waals surface area (Å²) in [7, 11) is 0. The molecule has 0 saturated heterocycles. The van der Waals surface area contributed by atoms with Gasteiger partial charge in [-0.15, -0.1) is 0 Å². The van der Waals surface area contributed by atoms with Gasteiger partial charge in [-0.2, -0.15) is 0 Å². The van der Waals surface area contributed by atoms with Crippen molar-refractivity contribution in [2.75, 3.05) is 0 Å². The molecule has 0 atom stereocenters. The van der Waals surface area contributed by atoms with Crippen LogP contribution >= 0.6 is 0 Å². The van der Waals surface area contributed by atoms with Gasteiger partial charge in [0.15, 0.2) is 0 Å². The molecule has 0 radical (unpaired) electrons.